The highest BCUT2D eigenvalue weighted by molar-refractivity contribution is 7.07. The largest absolute Gasteiger partial charge is 0.494 e. The highest BCUT2D eigenvalue weighted by atomic mass is 35.5. The Labute approximate surface area is 222 Å². The number of hydrogen-bond acceptors (Lipinski definition) is 6. The highest BCUT2D eigenvalue weighted by Gasteiger charge is 2.33. The van der Waals surface area contributed by atoms with Gasteiger partial charge in [-0.15, -0.1) is 0 Å². The minimum atomic E-state index is -0.713. The summed E-state index contributed by atoms with van der Waals surface area (Å²) < 4.78 is 13.1. The zero-order valence-electron chi connectivity index (χ0n) is 19.8. The van der Waals surface area contributed by atoms with Crippen molar-refractivity contribution in [1.29, 1.82) is 0 Å². The minimum Gasteiger partial charge on any atom is -0.494 e. The third kappa shape index (κ3) is 5.33. The lowest BCUT2D eigenvalue weighted by atomic mass is 9.96. The van der Waals surface area contributed by atoms with Crippen molar-refractivity contribution >= 4 is 46.6 Å². The van der Waals surface area contributed by atoms with Gasteiger partial charge in [0, 0.05) is 0 Å². The van der Waals surface area contributed by atoms with Gasteiger partial charge in [-0.25, -0.2) is 9.79 Å². The van der Waals surface area contributed by atoms with Crippen molar-refractivity contribution in [2.75, 3.05) is 13.2 Å². The highest BCUT2D eigenvalue weighted by Crippen LogP contribution is 2.31. The average molecular weight is 543 g/mol. The molecule has 36 heavy (non-hydrogen) atoms. The van der Waals surface area contributed by atoms with Crippen LogP contribution in [0, 0.1) is 0 Å². The number of halogens is 2. The second kappa shape index (κ2) is 11.3. The molecule has 0 N–H and O–H groups in total. The fraction of sp³-hybridized carbons (Fsp3) is 0.222. The number of thiazole rings is 1. The lowest BCUT2D eigenvalue weighted by Crippen LogP contribution is -2.39. The summed E-state index contributed by atoms with van der Waals surface area (Å²) in [5.74, 6) is 0.162. The number of carbonyl (C=O) groups is 1. The summed E-state index contributed by atoms with van der Waals surface area (Å²) in [5, 5.41) is 0.824. The predicted molar refractivity (Wildman–Crippen MR) is 144 cm³/mol. The van der Waals surface area contributed by atoms with Crippen LogP contribution in [0.5, 0.6) is 5.75 Å². The van der Waals surface area contributed by atoms with E-state index in [1.807, 2.05) is 31.2 Å². The van der Waals surface area contributed by atoms with Gasteiger partial charge in [0.2, 0.25) is 0 Å². The molecule has 9 heteroatoms. The monoisotopic (exact) mass is 542 g/mol. The molecule has 6 nitrogen and oxygen atoms in total. The first kappa shape index (κ1) is 25.9. The molecule has 0 amide bonds. The van der Waals surface area contributed by atoms with Gasteiger partial charge in [-0.2, -0.15) is 0 Å². The molecule has 1 atom stereocenters. The number of esters is 1. The van der Waals surface area contributed by atoms with E-state index < -0.39 is 12.0 Å². The molecule has 0 spiro atoms. The van der Waals surface area contributed by atoms with Crippen molar-refractivity contribution in [2.45, 2.75) is 26.3 Å². The number of nitrogens with zero attached hydrogens (tertiary/aromatic N) is 2. The Balaban J connectivity index is 1.87. The molecular formula is C27H24Cl2N2O4S. The number of fused-ring (bicyclic) bond motifs is 1. The predicted octanol–water partition coefficient (Wildman–Crippen LogP) is 5.06. The summed E-state index contributed by atoms with van der Waals surface area (Å²) in [6, 6.07) is 11.8. The van der Waals surface area contributed by atoms with Gasteiger partial charge in [0.1, 0.15) is 12.4 Å². The molecule has 1 aliphatic heterocycles. The van der Waals surface area contributed by atoms with E-state index in [0.717, 1.165) is 17.5 Å². The van der Waals surface area contributed by atoms with Crippen molar-refractivity contribution in [3.63, 3.8) is 0 Å². The number of rotatable bonds is 8. The van der Waals surface area contributed by atoms with E-state index in [4.69, 9.17) is 32.7 Å². The van der Waals surface area contributed by atoms with Crippen LogP contribution in [0.15, 0.2) is 76.2 Å². The first-order valence-electron chi connectivity index (χ1n) is 11.3. The van der Waals surface area contributed by atoms with Crippen molar-refractivity contribution in [3.8, 4) is 5.75 Å². The molecule has 0 bridgehead atoms. The van der Waals surface area contributed by atoms with E-state index in [1.165, 1.54) is 22.0 Å². The standard InChI is InChI=1S/C27H24Cl2N2O4S/c1-4-12-34-19-9-7-18(8-10-19)24-23(26(33)35-13-5-2)16(3)30-27-31(24)25(32)22(36-27)15-17-6-11-20(28)21(29)14-17/h5-11,14-15,24H,2,4,12-13H2,1,3H3/b22-15-. The Morgan fingerprint density at radius 1 is 1.19 bits per heavy atom. The van der Waals surface area contributed by atoms with Crippen molar-refractivity contribution in [3.05, 3.63) is 107 Å². The third-order valence-electron chi connectivity index (χ3n) is 5.48. The number of carbonyl (C=O) groups excluding carboxylic acids is 1. The van der Waals surface area contributed by atoms with Gasteiger partial charge < -0.3 is 9.47 Å². The number of benzene rings is 2. The molecule has 1 unspecified atom stereocenters. The lowest BCUT2D eigenvalue weighted by Gasteiger charge is -2.24. The second-order valence-corrected chi connectivity index (χ2v) is 9.88. The molecule has 0 fully saturated rings. The quantitative estimate of drug-likeness (QED) is 0.294. The van der Waals surface area contributed by atoms with Gasteiger partial charge in [-0.3, -0.25) is 9.36 Å². The lowest BCUT2D eigenvalue weighted by molar-refractivity contribution is -0.138. The molecule has 2 heterocycles. The van der Waals surface area contributed by atoms with Crippen LogP contribution < -0.4 is 19.6 Å². The van der Waals surface area contributed by atoms with E-state index in [1.54, 1.807) is 31.2 Å². The van der Waals surface area contributed by atoms with Crippen LogP contribution in [-0.4, -0.2) is 23.8 Å². The summed E-state index contributed by atoms with van der Waals surface area (Å²) in [6.07, 6.45) is 4.12. The molecule has 0 radical (unpaired) electrons. The number of hydrogen-bond donors (Lipinski definition) is 0. The maximum atomic E-state index is 13.7. The van der Waals surface area contributed by atoms with Crippen LogP contribution in [0.2, 0.25) is 10.0 Å². The normalized spacial score (nSPS) is 15.3. The van der Waals surface area contributed by atoms with Gasteiger partial charge in [-0.05, 0) is 54.8 Å². The van der Waals surface area contributed by atoms with Crippen molar-refractivity contribution in [1.82, 2.24) is 4.57 Å². The van der Waals surface area contributed by atoms with Crippen LogP contribution >= 0.6 is 34.5 Å². The van der Waals surface area contributed by atoms with E-state index in [-0.39, 0.29) is 12.2 Å². The van der Waals surface area contributed by atoms with Crippen LogP contribution in [0.1, 0.15) is 37.4 Å². The Bertz CT molecular complexity index is 1520. The summed E-state index contributed by atoms with van der Waals surface area (Å²) >= 11 is 13.4. The molecule has 0 aliphatic carbocycles. The number of allylic oxidation sites excluding steroid dienone is 1. The molecular weight excluding hydrogens is 519 g/mol. The molecule has 0 saturated carbocycles. The topological polar surface area (TPSA) is 69.9 Å². The SMILES string of the molecule is C=CCOC(=O)C1=C(C)N=c2s/c(=C\c3ccc(Cl)c(Cl)c3)c(=O)n2C1c1ccc(OCCC)cc1. The third-order valence-corrected chi connectivity index (χ3v) is 7.21. The van der Waals surface area contributed by atoms with Crippen LogP contribution in [0.3, 0.4) is 0 Å². The van der Waals surface area contributed by atoms with Gasteiger partial charge >= 0.3 is 5.97 Å². The van der Waals surface area contributed by atoms with Crippen molar-refractivity contribution in [2.24, 2.45) is 4.99 Å². The zero-order valence-corrected chi connectivity index (χ0v) is 22.1. The first-order valence-corrected chi connectivity index (χ1v) is 12.9. The average Bonchev–Trinajstić information content (AvgIpc) is 3.17. The molecule has 1 aromatic heterocycles. The summed E-state index contributed by atoms with van der Waals surface area (Å²) in [5.41, 5.74) is 1.98. The van der Waals surface area contributed by atoms with E-state index in [2.05, 4.69) is 11.6 Å². The molecule has 1 aliphatic rings. The molecule has 0 saturated heterocycles. The summed E-state index contributed by atoms with van der Waals surface area (Å²) in [4.78, 5) is 31.8. The Morgan fingerprint density at radius 3 is 2.61 bits per heavy atom. The van der Waals surface area contributed by atoms with Crippen molar-refractivity contribution < 1.29 is 14.3 Å². The molecule has 4 rings (SSSR count). The maximum Gasteiger partial charge on any atom is 0.338 e. The second-order valence-electron chi connectivity index (χ2n) is 8.06. The van der Waals surface area contributed by atoms with Crippen LogP contribution in [0.4, 0.5) is 0 Å². The fourth-order valence-electron chi connectivity index (χ4n) is 3.83. The van der Waals surface area contributed by atoms with Gasteiger partial charge in [0.15, 0.2) is 4.80 Å². The van der Waals surface area contributed by atoms with E-state index >= 15 is 0 Å². The Morgan fingerprint density at radius 2 is 1.94 bits per heavy atom. The van der Waals surface area contributed by atoms with Crippen LogP contribution in [-0.2, 0) is 9.53 Å². The summed E-state index contributed by atoms with van der Waals surface area (Å²) in [6.45, 7) is 8.03. The molecule has 186 valence electrons. The first-order chi connectivity index (χ1) is 17.3. The maximum absolute atomic E-state index is 13.7. The van der Waals surface area contributed by atoms with Crippen LogP contribution in [0.25, 0.3) is 6.08 Å². The Kier molecular flexibility index (Phi) is 8.14. The molecule has 2 aromatic carbocycles. The van der Waals surface area contributed by atoms with Gasteiger partial charge in [0.25, 0.3) is 5.56 Å². The minimum absolute atomic E-state index is 0.0495. The van der Waals surface area contributed by atoms with E-state index in [0.29, 0.717) is 43.0 Å². The smallest absolute Gasteiger partial charge is 0.338 e. The zero-order chi connectivity index (χ0) is 25.8. The number of ether oxygens (including phenoxy) is 2. The van der Waals surface area contributed by atoms with Gasteiger partial charge in [-0.1, -0.05) is 72.3 Å². The fourth-order valence-corrected chi connectivity index (χ4v) is 5.18. The number of aromatic nitrogens is 1. The molecule has 3 aromatic rings. The summed E-state index contributed by atoms with van der Waals surface area (Å²) in [7, 11) is 0. The van der Waals surface area contributed by atoms with E-state index in [9.17, 15) is 9.59 Å². The van der Waals surface area contributed by atoms with Gasteiger partial charge in [0.05, 0.1) is 38.5 Å². The Hall–Kier alpha value is -3.13.